The summed E-state index contributed by atoms with van der Waals surface area (Å²) in [5, 5.41) is 6.22. The van der Waals surface area contributed by atoms with Crippen LogP contribution >= 0.6 is 12.4 Å². The van der Waals surface area contributed by atoms with Crippen LogP contribution in [0.4, 0.5) is 0 Å². The predicted molar refractivity (Wildman–Crippen MR) is 97.1 cm³/mol. The zero-order chi connectivity index (χ0) is 17.0. The highest BCUT2D eigenvalue weighted by molar-refractivity contribution is 7.89. The minimum Gasteiger partial charge on any atom is -0.348 e. The Labute approximate surface area is 150 Å². The van der Waals surface area contributed by atoms with E-state index in [-0.39, 0.29) is 35.3 Å². The van der Waals surface area contributed by atoms with Crippen LogP contribution in [0.2, 0.25) is 0 Å². The number of piperidine rings is 1. The quantitative estimate of drug-likeness (QED) is 0.819. The van der Waals surface area contributed by atoms with Gasteiger partial charge in [0, 0.05) is 31.2 Å². The van der Waals surface area contributed by atoms with Gasteiger partial charge in [0.05, 0.1) is 4.90 Å². The number of hydrogen-bond acceptors (Lipinski definition) is 4. The molecule has 8 heteroatoms. The summed E-state index contributed by atoms with van der Waals surface area (Å²) in [6, 6.07) is 6.11. The predicted octanol–water partition coefficient (Wildman–Crippen LogP) is 1.62. The summed E-state index contributed by atoms with van der Waals surface area (Å²) in [5.74, 6) is -0.167. The van der Waals surface area contributed by atoms with E-state index in [1.807, 2.05) is 13.8 Å². The van der Waals surface area contributed by atoms with Crippen molar-refractivity contribution in [3.05, 3.63) is 29.8 Å². The van der Waals surface area contributed by atoms with E-state index < -0.39 is 10.0 Å². The van der Waals surface area contributed by atoms with Gasteiger partial charge in [0.1, 0.15) is 0 Å². The van der Waals surface area contributed by atoms with Gasteiger partial charge >= 0.3 is 0 Å². The number of nitrogens with zero attached hydrogens (tertiary/aromatic N) is 1. The number of sulfonamides is 1. The number of halogens is 1. The van der Waals surface area contributed by atoms with Crippen molar-refractivity contribution < 1.29 is 13.2 Å². The Morgan fingerprint density at radius 1 is 1.29 bits per heavy atom. The molecule has 1 atom stereocenters. The van der Waals surface area contributed by atoms with Gasteiger partial charge in [-0.05, 0) is 57.5 Å². The topological polar surface area (TPSA) is 78.5 Å². The summed E-state index contributed by atoms with van der Waals surface area (Å²) < 4.78 is 26.1. The molecule has 24 heavy (non-hydrogen) atoms. The van der Waals surface area contributed by atoms with E-state index in [0.29, 0.717) is 5.56 Å². The van der Waals surface area contributed by atoms with E-state index in [4.69, 9.17) is 0 Å². The standard InChI is InChI=1S/C16H25N3O3S.ClH/c1-12(2)19(3)23(21,22)15-8-6-13(7-9-15)16(20)18-14-5-4-10-17-11-14;/h6-9,12,14,17H,4-5,10-11H2,1-3H3,(H,18,20);1H. The first-order valence-corrected chi connectivity index (χ1v) is 9.36. The van der Waals surface area contributed by atoms with Crippen molar-refractivity contribution in [2.24, 2.45) is 0 Å². The molecule has 1 unspecified atom stereocenters. The minimum absolute atomic E-state index is 0. The Morgan fingerprint density at radius 2 is 1.92 bits per heavy atom. The highest BCUT2D eigenvalue weighted by atomic mass is 35.5. The van der Waals surface area contributed by atoms with Gasteiger partial charge in [0.2, 0.25) is 10.0 Å². The molecule has 0 bridgehead atoms. The zero-order valence-corrected chi connectivity index (χ0v) is 15.9. The van der Waals surface area contributed by atoms with Gasteiger partial charge < -0.3 is 10.6 Å². The Kier molecular flexibility index (Phi) is 7.66. The second-order valence-corrected chi connectivity index (χ2v) is 8.15. The van der Waals surface area contributed by atoms with Gasteiger partial charge in [0.15, 0.2) is 0 Å². The first-order valence-electron chi connectivity index (χ1n) is 7.92. The Balaban J connectivity index is 0.00000288. The third-order valence-corrected chi connectivity index (χ3v) is 6.20. The molecule has 1 fully saturated rings. The highest BCUT2D eigenvalue weighted by Crippen LogP contribution is 2.17. The molecule has 1 aliphatic rings. The van der Waals surface area contributed by atoms with E-state index in [0.717, 1.165) is 25.9 Å². The summed E-state index contributed by atoms with van der Waals surface area (Å²) in [5.41, 5.74) is 0.474. The van der Waals surface area contributed by atoms with Crippen LogP contribution in [0.5, 0.6) is 0 Å². The van der Waals surface area contributed by atoms with Crippen LogP contribution in [0.15, 0.2) is 29.2 Å². The van der Waals surface area contributed by atoms with E-state index in [2.05, 4.69) is 10.6 Å². The largest absolute Gasteiger partial charge is 0.348 e. The molecule has 136 valence electrons. The fourth-order valence-corrected chi connectivity index (χ4v) is 3.83. The number of nitrogens with one attached hydrogen (secondary N) is 2. The van der Waals surface area contributed by atoms with Crippen molar-refractivity contribution in [3.63, 3.8) is 0 Å². The van der Waals surface area contributed by atoms with Crippen molar-refractivity contribution in [3.8, 4) is 0 Å². The first-order chi connectivity index (χ1) is 10.8. The van der Waals surface area contributed by atoms with Gasteiger partial charge in [-0.25, -0.2) is 8.42 Å². The third kappa shape index (κ3) is 4.92. The fourth-order valence-electron chi connectivity index (χ4n) is 2.47. The second-order valence-electron chi connectivity index (χ2n) is 6.16. The molecule has 2 N–H and O–H groups in total. The van der Waals surface area contributed by atoms with E-state index >= 15 is 0 Å². The Morgan fingerprint density at radius 3 is 2.42 bits per heavy atom. The SMILES string of the molecule is CC(C)N(C)S(=O)(=O)c1ccc(C(=O)NC2CCCNC2)cc1.Cl. The summed E-state index contributed by atoms with van der Waals surface area (Å²) in [6.45, 7) is 5.40. The van der Waals surface area contributed by atoms with Crippen molar-refractivity contribution >= 4 is 28.3 Å². The molecular weight excluding hydrogens is 350 g/mol. The first kappa shape index (κ1) is 20.9. The number of benzene rings is 1. The fraction of sp³-hybridized carbons (Fsp3) is 0.562. The molecular formula is C16H26ClN3O3S. The van der Waals surface area contributed by atoms with Crippen molar-refractivity contribution in [2.45, 2.75) is 43.7 Å². The summed E-state index contributed by atoms with van der Waals surface area (Å²) in [6.07, 6.45) is 2.01. The number of carbonyl (C=O) groups excluding carboxylic acids is 1. The number of amides is 1. The average Bonchev–Trinajstić information content (AvgIpc) is 2.55. The number of hydrogen-bond donors (Lipinski definition) is 2. The molecule has 1 amide bonds. The van der Waals surface area contributed by atoms with Gasteiger partial charge in [-0.15, -0.1) is 12.4 Å². The van der Waals surface area contributed by atoms with E-state index in [1.54, 1.807) is 19.2 Å². The molecule has 1 heterocycles. The van der Waals surface area contributed by atoms with Gasteiger partial charge in [-0.2, -0.15) is 4.31 Å². The number of carbonyl (C=O) groups is 1. The Hall–Kier alpha value is -1.15. The smallest absolute Gasteiger partial charge is 0.251 e. The van der Waals surface area contributed by atoms with Crippen LogP contribution in [0.3, 0.4) is 0 Å². The second kappa shape index (κ2) is 8.80. The normalized spacial score (nSPS) is 18.3. The lowest BCUT2D eigenvalue weighted by atomic mass is 10.1. The summed E-state index contributed by atoms with van der Waals surface area (Å²) in [7, 11) is -1.96. The molecule has 1 saturated heterocycles. The van der Waals surface area contributed by atoms with Crippen molar-refractivity contribution in [1.82, 2.24) is 14.9 Å². The molecule has 6 nitrogen and oxygen atoms in total. The molecule has 0 aliphatic carbocycles. The molecule has 0 radical (unpaired) electrons. The number of rotatable bonds is 5. The van der Waals surface area contributed by atoms with Crippen LogP contribution in [0, 0.1) is 0 Å². The van der Waals surface area contributed by atoms with Crippen LogP contribution in [0.1, 0.15) is 37.0 Å². The lowest BCUT2D eigenvalue weighted by molar-refractivity contribution is 0.0930. The molecule has 1 aromatic carbocycles. The Bertz CT molecular complexity index is 641. The highest BCUT2D eigenvalue weighted by Gasteiger charge is 2.23. The van der Waals surface area contributed by atoms with Crippen LogP contribution in [-0.2, 0) is 10.0 Å². The molecule has 1 aromatic rings. The lowest BCUT2D eigenvalue weighted by Gasteiger charge is -2.24. The van der Waals surface area contributed by atoms with Crippen LogP contribution < -0.4 is 10.6 Å². The maximum atomic E-state index is 12.4. The molecule has 0 saturated carbocycles. The monoisotopic (exact) mass is 375 g/mol. The van der Waals surface area contributed by atoms with Crippen molar-refractivity contribution in [2.75, 3.05) is 20.1 Å². The van der Waals surface area contributed by atoms with Gasteiger partial charge in [-0.3, -0.25) is 4.79 Å². The van der Waals surface area contributed by atoms with Gasteiger partial charge in [0.25, 0.3) is 5.91 Å². The third-order valence-electron chi connectivity index (χ3n) is 4.15. The lowest BCUT2D eigenvalue weighted by Crippen LogP contribution is -2.45. The zero-order valence-electron chi connectivity index (χ0n) is 14.3. The average molecular weight is 376 g/mol. The van der Waals surface area contributed by atoms with Gasteiger partial charge in [-0.1, -0.05) is 0 Å². The van der Waals surface area contributed by atoms with Crippen molar-refractivity contribution in [1.29, 1.82) is 0 Å². The van der Waals surface area contributed by atoms with E-state index in [9.17, 15) is 13.2 Å². The minimum atomic E-state index is -3.52. The summed E-state index contributed by atoms with van der Waals surface area (Å²) >= 11 is 0. The molecule has 0 aromatic heterocycles. The van der Waals surface area contributed by atoms with Crippen LogP contribution in [0.25, 0.3) is 0 Å². The summed E-state index contributed by atoms with van der Waals surface area (Å²) in [4.78, 5) is 12.4. The molecule has 1 aliphatic heterocycles. The maximum Gasteiger partial charge on any atom is 0.251 e. The molecule has 2 rings (SSSR count). The molecule has 0 spiro atoms. The maximum absolute atomic E-state index is 12.4. The van der Waals surface area contributed by atoms with Crippen LogP contribution in [-0.4, -0.2) is 50.9 Å². The van der Waals surface area contributed by atoms with E-state index in [1.165, 1.54) is 16.4 Å².